The van der Waals surface area contributed by atoms with Crippen LogP contribution in [-0.2, 0) is 9.47 Å². The Morgan fingerprint density at radius 1 is 0.880 bits per heavy atom. The molecule has 0 aromatic heterocycles. The number of rotatable bonds is 0. The second-order valence-corrected chi connectivity index (χ2v) is 8.73. The van der Waals surface area contributed by atoms with Crippen molar-refractivity contribution in [3.63, 3.8) is 0 Å². The van der Waals surface area contributed by atoms with Gasteiger partial charge in [0, 0.05) is 25.7 Å². The molecule has 0 unspecified atom stereocenters. The van der Waals surface area contributed by atoms with Crippen molar-refractivity contribution in [3.8, 4) is 0 Å². The number of ether oxygens (including phenoxy) is 2. The Bertz CT molecular complexity index is 550. The van der Waals surface area contributed by atoms with Crippen molar-refractivity contribution < 1.29 is 19.2 Å². The molecular weight excluding hydrogens is 318 g/mol. The van der Waals surface area contributed by atoms with Crippen LogP contribution in [0.3, 0.4) is 0 Å². The standard InChI is InChI=1S/C19H31N3O3/c23-16-7-6-14-12-18(9-3-5-11-24-18)20-17-21-19(13-15(16)22(14)17)8-2-1-4-10-25-19/h14-16,23H,1-13H2,(H,20,21)/p+1/t14-,15+,16-,18-,19-/m0/s1. The molecule has 3 fully saturated rings. The molecule has 3 N–H and O–H groups in total. The Morgan fingerprint density at radius 3 is 2.36 bits per heavy atom. The molecule has 3 saturated heterocycles. The molecule has 6 heteroatoms. The van der Waals surface area contributed by atoms with Crippen molar-refractivity contribution in [2.45, 2.75) is 100 Å². The molecule has 5 aliphatic rings. The van der Waals surface area contributed by atoms with E-state index in [4.69, 9.17) is 9.47 Å². The molecule has 0 aromatic rings. The van der Waals surface area contributed by atoms with Gasteiger partial charge in [-0.05, 0) is 38.5 Å². The fourth-order valence-electron chi connectivity index (χ4n) is 5.75. The predicted octanol–water partition coefficient (Wildman–Crippen LogP) is 1.42. The number of aliphatic hydroxyl groups excluding tert-OH is 1. The molecule has 0 aromatic carbocycles. The smallest absolute Gasteiger partial charge is 0.351 e. The Labute approximate surface area is 150 Å². The summed E-state index contributed by atoms with van der Waals surface area (Å²) in [6, 6.07) is 0.611. The summed E-state index contributed by atoms with van der Waals surface area (Å²) in [4.78, 5) is 0. The van der Waals surface area contributed by atoms with Gasteiger partial charge in [0.2, 0.25) is 0 Å². The lowest BCUT2D eigenvalue weighted by Crippen LogP contribution is -2.75. The van der Waals surface area contributed by atoms with E-state index in [9.17, 15) is 5.11 Å². The Morgan fingerprint density at radius 2 is 1.56 bits per heavy atom. The summed E-state index contributed by atoms with van der Waals surface area (Å²) < 4.78 is 15.0. The number of hydrogen-bond acceptors (Lipinski definition) is 5. The van der Waals surface area contributed by atoms with Crippen LogP contribution in [-0.4, -0.2) is 58.5 Å². The van der Waals surface area contributed by atoms with Gasteiger partial charge >= 0.3 is 5.96 Å². The quantitative estimate of drug-likeness (QED) is 0.577. The van der Waals surface area contributed by atoms with Crippen LogP contribution in [0.25, 0.3) is 0 Å². The third-order valence-corrected chi connectivity index (χ3v) is 7.00. The molecule has 5 rings (SSSR count). The van der Waals surface area contributed by atoms with Gasteiger partial charge in [-0.25, -0.2) is 10.6 Å². The molecule has 0 saturated carbocycles. The second kappa shape index (κ2) is 6.10. The van der Waals surface area contributed by atoms with E-state index in [-0.39, 0.29) is 23.6 Å². The van der Waals surface area contributed by atoms with Crippen molar-refractivity contribution in [3.05, 3.63) is 0 Å². The maximum Gasteiger partial charge on any atom is 0.351 e. The number of nitrogens with one attached hydrogen (secondary N) is 2. The van der Waals surface area contributed by atoms with Crippen molar-refractivity contribution in [2.75, 3.05) is 13.2 Å². The van der Waals surface area contributed by atoms with Crippen LogP contribution in [0.4, 0.5) is 0 Å². The van der Waals surface area contributed by atoms with Crippen LogP contribution in [0.1, 0.15) is 70.6 Å². The molecule has 25 heavy (non-hydrogen) atoms. The van der Waals surface area contributed by atoms with Crippen LogP contribution in [0.2, 0.25) is 0 Å². The molecule has 0 amide bonds. The summed E-state index contributed by atoms with van der Waals surface area (Å²) in [7, 11) is 0. The molecule has 5 atom stereocenters. The van der Waals surface area contributed by atoms with E-state index in [2.05, 4.69) is 15.2 Å². The molecule has 6 nitrogen and oxygen atoms in total. The highest BCUT2D eigenvalue weighted by Gasteiger charge is 2.57. The zero-order chi connectivity index (χ0) is 16.9. The number of aliphatic hydroxyl groups is 1. The maximum atomic E-state index is 10.7. The van der Waals surface area contributed by atoms with Crippen molar-refractivity contribution in [1.82, 2.24) is 10.6 Å². The lowest BCUT2D eigenvalue weighted by atomic mass is 9.81. The molecule has 0 radical (unpaired) electrons. The summed E-state index contributed by atoms with van der Waals surface area (Å²) >= 11 is 0. The van der Waals surface area contributed by atoms with Crippen molar-refractivity contribution in [1.29, 1.82) is 0 Å². The Balaban J connectivity index is 1.50. The number of guanidine groups is 1. The Hall–Kier alpha value is -0.850. The predicted molar refractivity (Wildman–Crippen MR) is 93.3 cm³/mol. The fourth-order valence-corrected chi connectivity index (χ4v) is 5.75. The molecular formula is C19H32N3O3+. The van der Waals surface area contributed by atoms with Gasteiger partial charge in [-0.2, -0.15) is 0 Å². The van der Waals surface area contributed by atoms with Gasteiger partial charge in [-0.3, -0.25) is 4.58 Å². The lowest BCUT2D eigenvalue weighted by molar-refractivity contribution is -0.643. The third kappa shape index (κ3) is 2.77. The lowest BCUT2D eigenvalue weighted by Gasteiger charge is -2.51. The first-order valence-corrected chi connectivity index (χ1v) is 10.4. The topological polar surface area (TPSA) is 65.8 Å². The molecule has 5 aliphatic heterocycles. The summed E-state index contributed by atoms with van der Waals surface area (Å²) in [6.45, 7) is 1.66. The highest BCUT2D eigenvalue weighted by atomic mass is 16.5. The normalized spacial score (nSPS) is 47.0. The fraction of sp³-hybridized carbons (Fsp3) is 0.947. The summed E-state index contributed by atoms with van der Waals surface area (Å²) in [5.41, 5.74) is -0.548. The van der Waals surface area contributed by atoms with E-state index in [1.165, 1.54) is 19.3 Å². The monoisotopic (exact) mass is 350 g/mol. The van der Waals surface area contributed by atoms with E-state index < -0.39 is 0 Å². The van der Waals surface area contributed by atoms with E-state index >= 15 is 0 Å². The van der Waals surface area contributed by atoms with Gasteiger partial charge < -0.3 is 14.6 Å². The van der Waals surface area contributed by atoms with E-state index in [0.717, 1.165) is 70.5 Å². The summed E-state index contributed by atoms with van der Waals surface area (Å²) in [6.07, 6.45) is 11.6. The minimum Gasteiger partial charge on any atom is -0.390 e. The molecule has 2 spiro atoms. The minimum atomic E-state index is -0.323. The van der Waals surface area contributed by atoms with Crippen LogP contribution in [0.5, 0.6) is 0 Å². The van der Waals surface area contributed by atoms with Gasteiger partial charge in [-0.1, -0.05) is 6.42 Å². The highest BCUT2D eigenvalue weighted by Crippen LogP contribution is 2.40. The second-order valence-electron chi connectivity index (χ2n) is 8.73. The third-order valence-electron chi connectivity index (χ3n) is 7.00. The molecule has 0 aliphatic carbocycles. The van der Waals surface area contributed by atoms with E-state index in [1.807, 2.05) is 0 Å². The van der Waals surface area contributed by atoms with E-state index in [0.29, 0.717) is 6.04 Å². The van der Waals surface area contributed by atoms with Crippen LogP contribution in [0, 0.1) is 0 Å². The summed E-state index contributed by atoms with van der Waals surface area (Å²) in [5.74, 6) is 1.05. The van der Waals surface area contributed by atoms with Crippen LogP contribution in [0.15, 0.2) is 0 Å². The first kappa shape index (κ1) is 16.3. The average Bonchev–Trinajstić information content (AvgIpc) is 2.83. The SMILES string of the molecule is O[C@H]1CC[C@H]2C[C@@]3(CCCCO3)NC3=[N+]2[C@@H]1C[C@@]1(CCCCCO1)N3. The zero-order valence-electron chi connectivity index (χ0n) is 15.1. The number of piperidine rings is 1. The van der Waals surface area contributed by atoms with Crippen molar-refractivity contribution >= 4 is 5.96 Å². The van der Waals surface area contributed by atoms with Gasteiger partial charge in [0.1, 0.15) is 6.04 Å². The van der Waals surface area contributed by atoms with Gasteiger partial charge in [0.25, 0.3) is 0 Å². The highest BCUT2D eigenvalue weighted by molar-refractivity contribution is 5.77. The number of hydrogen-bond donors (Lipinski definition) is 3. The molecule has 140 valence electrons. The van der Waals surface area contributed by atoms with E-state index in [1.54, 1.807) is 0 Å². The largest absolute Gasteiger partial charge is 0.390 e. The molecule has 5 heterocycles. The average molecular weight is 350 g/mol. The first-order chi connectivity index (χ1) is 12.2. The maximum absolute atomic E-state index is 10.7. The van der Waals surface area contributed by atoms with Crippen molar-refractivity contribution in [2.24, 2.45) is 0 Å². The van der Waals surface area contributed by atoms with Gasteiger partial charge in [-0.15, -0.1) is 0 Å². The summed E-state index contributed by atoms with van der Waals surface area (Å²) in [5, 5.41) is 18.2. The van der Waals surface area contributed by atoms with Gasteiger partial charge in [0.15, 0.2) is 11.4 Å². The van der Waals surface area contributed by atoms with Gasteiger partial charge in [0.05, 0.1) is 25.4 Å². The Kier molecular flexibility index (Phi) is 3.99. The number of nitrogens with zero attached hydrogens (tertiary/aromatic N) is 1. The first-order valence-electron chi connectivity index (χ1n) is 10.4. The van der Waals surface area contributed by atoms with Crippen LogP contribution < -0.4 is 10.6 Å². The molecule has 0 bridgehead atoms. The van der Waals surface area contributed by atoms with Crippen LogP contribution >= 0.6 is 0 Å². The minimum absolute atomic E-state index is 0.154. The zero-order valence-corrected chi connectivity index (χ0v) is 15.1.